The minimum atomic E-state index is -1.64. The van der Waals surface area contributed by atoms with Gasteiger partial charge in [-0.2, -0.15) is 0 Å². The van der Waals surface area contributed by atoms with Crippen molar-refractivity contribution in [2.75, 3.05) is 68.6 Å². The van der Waals surface area contributed by atoms with E-state index in [2.05, 4.69) is 42.3 Å². The molecule has 10 nitrogen and oxygen atoms in total. The van der Waals surface area contributed by atoms with Crippen LogP contribution in [0.1, 0.15) is 13.3 Å². The number of nitrogens with one attached hydrogen (secondary N) is 1. The van der Waals surface area contributed by atoms with E-state index in [4.69, 9.17) is 10.2 Å². The van der Waals surface area contributed by atoms with Gasteiger partial charge in [0.15, 0.2) is 0 Å². The standard InChI is InChI=1S/C6H9NO5.2C5H14NO/c1-3(8)7-4(6(11)12)2-5(9)10;2*1-6(2,3)4-5-7/h4H,2H2,1H3,(H,7,8)(H,9,10)(H,11,12);2*7H,4-5H2,1-3H3/q;2*+1/p-2/t4-;;/m0../s1. The van der Waals surface area contributed by atoms with E-state index in [1.807, 2.05) is 5.32 Å². The van der Waals surface area contributed by atoms with Crippen molar-refractivity contribution in [2.24, 2.45) is 0 Å². The second kappa shape index (κ2) is 14.4. The number of quaternary nitrogens is 2. The summed E-state index contributed by atoms with van der Waals surface area (Å²) in [5.41, 5.74) is 0. The molecule has 156 valence electrons. The van der Waals surface area contributed by atoms with Gasteiger partial charge in [0.25, 0.3) is 0 Å². The number of amides is 1. The monoisotopic (exact) mass is 381 g/mol. The summed E-state index contributed by atoms with van der Waals surface area (Å²) in [6.45, 7) is 3.30. The quantitative estimate of drug-likeness (QED) is 0.360. The summed E-state index contributed by atoms with van der Waals surface area (Å²) in [5, 5.41) is 38.8. The molecule has 3 N–H and O–H groups in total. The summed E-state index contributed by atoms with van der Waals surface area (Å²) >= 11 is 0. The van der Waals surface area contributed by atoms with Crippen molar-refractivity contribution in [1.82, 2.24) is 5.32 Å². The number of carboxylic acid groups (broad SMARTS) is 2. The molecule has 0 radical (unpaired) electrons. The summed E-state index contributed by atoms with van der Waals surface area (Å²) in [5.74, 6) is -3.84. The van der Waals surface area contributed by atoms with Crippen molar-refractivity contribution in [3.05, 3.63) is 0 Å². The molecule has 1 amide bonds. The Morgan fingerprint density at radius 1 is 0.885 bits per heavy atom. The molecule has 1 atom stereocenters. The maximum atomic E-state index is 10.3. The smallest absolute Gasteiger partial charge is 0.217 e. The maximum Gasteiger partial charge on any atom is 0.217 e. The van der Waals surface area contributed by atoms with Gasteiger partial charge in [-0.05, 0) is 0 Å². The van der Waals surface area contributed by atoms with Crippen LogP contribution in [-0.4, -0.2) is 112 Å². The molecule has 0 fully saturated rings. The first-order valence-electron chi connectivity index (χ1n) is 8.06. The van der Waals surface area contributed by atoms with Gasteiger partial charge in [0.05, 0.1) is 67.5 Å². The number of aliphatic carboxylic acids is 2. The summed E-state index contributed by atoms with van der Waals surface area (Å²) in [6, 6.07) is -1.52. The molecule has 0 aliphatic carbocycles. The third-order valence-corrected chi connectivity index (χ3v) is 2.57. The number of carbonyl (C=O) groups is 3. The summed E-state index contributed by atoms with van der Waals surface area (Å²) in [4.78, 5) is 30.4. The molecule has 0 unspecified atom stereocenters. The Bertz CT molecular complexity index is 383. The minimum Gasteiger partial charge on any atom is -0.550 e. The molecule has 0 aliphatic heterocycles. The Balaban J connectivity index is -0.000000326. The highest BCUT2D eigenvalue weighted by Crippen LogP contribution is 1.88. The molecule has 0 rings (SSSR count). The van der Waals surface area contributed by atoms with Gasteiger partial charge in [-0.15, -0.1) is 0 Å². The Morgan fingerprint density at radius 3 is 1.35 bits per heavy atom. The van der Waals surface area contributed by atoms with E-state index in [0.717, 1.165) is 29.0 Å². The van der Waals surface area contributed by atoms with Crippen LogP contribution in [0.4, 0.5) is 0 Å². The molecule has 0 aromatic rings. The lowest BCUT2D eigenvalue weighted by molar-refractivity contribution is -0.870. The SMILES string of the molecule is CC(=O)N[C@@H](CC(=O)[O-])C(=O)[O-].C[N+](C)(C)CCO.C[N+](C)(C)CCO. The second-order valence-corrected chi connectivity index (χ2v) is 7.62. The number of carbonyl (C=O) groups excluding carboxylic acids is 3. The molecule has 0 heterocycles. The molecule has 0 spiro atoms. The highest BCUT2D eigenvalue weighted by molar-refractivity contribution is 5.84. The van der Waals surface area contributed by atoms with Crippen LogP contribution < -0.4 is 15.5 Å². The van der Waals surface area contributed by atoms with Crippen molar-refractivity contribution in [3.63, 3.8) is 0 Å². The van der Waals surface area contributed by atoms with E-state index in [-0.39, 0.29) is 13.2 Å². The van der Waals surface area contributed by atoms with Crippen LogP contribution in [0.5, 0.6) is 0 Å². The number of aliphatic hydroxyl groups is 2. The zero-order valence-corrected chi connectivity index (χ0v) is 16.9. The fraction of sp³-hybridized carbons (Fsp3) is 0.812. The average Bonchev–Trinajstić information content (AvgIpc) is 2.35. The van der Waals surface area contributed by atoms with Gasteiger partial charge in [0.1, 0.15) is 13.1 Å². The van der Waals surface area contributed by atoms with E-state index < -0.39 is 30.3 Å². The topological polar surface area (TPSA) is 150 Å². The van der Waals surface area contributed by atoms with Crippen molar-refractivity contribution < 1.29 is 43.8 Å². The molecular weight excluding hydrogens is 346 g/mol. The van der Waals surface area contributed by atoms with Gasteiger partial charge in [-0.3, -0.25) is 4.79 Å². The van der Waals surface area contributed by atoms with Crippen molar-refractivity contribution >= 4 is 17.8 Å². The number of hydrogen-bond donors (Lipinski definition) is 3. The molecule has 0 saturated heterocycles. The summed E-state index contributed by atoms with van der Waals surface area (Å²) in [6.07, 6.45) is -0.790. The number of rotatable bonds is 8. The number of carboxylic acids is 2. The predicted molar refractivity (Wildman–Crippen MR) is 92.2 cm³/mol. The predicted octanol–water partition coefficient (Wildman–Crippen LogP) is -4.25. The lowest BCUT2D eigenvalue weighted by atomic mass is 10.2. The van der Waals surface area contributed by atoms with Crippen molar-refractivity contribution in [3.8, 4) is 0 Å². The highest BCUT2D eigenvalue weighted by Gasteiger charge is 2.10. The van der Waals surface area contributed by atoms with Crippen molar-refractivity contribution in [1.29, 1.82) is 0 Å². The van der Waals surface area contributed by atoms with E-state index in [1.165, 1.54) is 0 Å². The molecule has 0 aliphatic rings. The fourth-order valence-electron chi connectivity index (χ4n) is 1.21. The van der Waals surface area contributed by atoms with E-state index >= 15 is 0 Å². The van der Waals surface area contributed by atoms with Crippen LogP contribution in [0, 0.1) is 0 Å². The fourth-order valence-corrected chi connectivity index (χ4v) is 1.21. The largest absolute Gasteiger partial charge is 0.550 e. The number of nitrogens with zero attached hydrogens (tertiary/aromatic N) is 2. The second-order valence-electron chi connectivity index (χ2n) is 7.62. The molecule has 26 heavy (non-hydrogen) atoms. The van der Waals surface area contributed by atoms with E-state index in [9.17, 15) is 24.6 Å². The molecule has 0 aromatic carbocycles. The highest BCUT2D eigenvalue weighted by atomic mass is 16.4. The third-order valence-electron chi connectivity index (χ3n) is 2.57. The van der Waals surface area contributed by atoms with E-state index in [1.54, 1.807) is 0 Å². The summed E-state index contributed by atoms with van der Waals surface area (Å²) in [7, 11) is 12.3. The zero-order chi connectivity index (χ0) is 21.6. The lowest BCUT2D eigenvalue weighted by Gasteiger charge is -2.21. The van der Waals surface area contributed by atoms with Crippen LogP contribution in [0.3, 0.4) is 0 Å². The van der Waals surface area contributed by atoms with Gasteiger partial charge < -0.3 is 44.3 Å². The Hall–Kier alpha value is -1.75. The molecule has 0 saturated carbocycles. The number of likely N-dealkylation sites (N-methyl/N-ethyl adjacent to an activating group) is 2. The maximum absolute atomic E-state index is 10.3. The third kappa shape index (κ3) is 30.2. The Kier molecular flexibility index (Phi) is 16.1. The Labute approximate surface area is 155 Å². The van der Waals surface area contributed by atoms with Crippen LogP contribution in [-0.2, 0) is 14.4 Å². The number of aliphatic hydroxyl groups excluding tert-OH is 2. The first-order chi connectivity index (χ1) is 11.6. The van der Waals surface area contributed by atoms with Gasteiger partial charge in [-0.25, -0.2) is 0 Å². The van der Waals surface area contributed by atoms with Crippen LogP contribution >= 0.6 is 0 Å². The molecule has 0 bridgehead atoms. The van der Waals surface area contributed by atoms with Gasteiger partial charge in [0, 0.05) is 19.3 Å². The Morgan fingerprint density at radius 2 is 1.23 bits per heavy atom. The van der Waals surface area contributed by atoms with E-state index in [0.29, 0.717) is 0 Å². The summed E-state index contributed by atoms with van der Waals surface area (Å²) < 4.78 is 1.69. The molecule has 10 heteroatoms. The first-order valence-corrected chi connectivity index (χ1v) is 8.06. The van der Waals surface area contributed by atoms with Crippen LogP contribution in [0.25, 0.3) is 0 Å². The van der Waals surface area contributed by atoms with Gasteiger partial charge in [0.2, 0.25) is 5.91 Å². The first kappa shape index (κ1) is 29.0. The lowest BCUT2D eigenvalue weighted by Crippen LogP contribution is -2.49. The van der Waals surface area contributed by atoms with Crippen LogP contribution in [0.2, 0.25) is 0 Å². The van der Waals surface area contributed by atoms with Crippen molar-refractivity contribution in [2.45, 2.75) is 19.4 Å². The minimum absolute atomic E-state index is 0.281. The van der Waals surface area contributed by atoms with Crippen LogP contribution in [0.15, 0.2) is 0 Å². The molecular formula is C16H35N3O7. The normalized spacial score (nSPS) is 11.9. The average molecular weight is 381 g/mol. The molecule has 0 aromatic heterocycles. The zero-order valence-electron chi connectivity index (χ0n) is 16.9. The van der Waals surface area contributed by atoms with Gasteiger partial charge in [-0.1, -0.05) is 0 Å². The van der Waals surface area contributed by atoms with Gasteiger partial charge >= 0.3 is 0 Å². The number of hydrogen-bond acceptors (Lipinski definition) is 7.